The number of esters is 1. The quantitative estimate of drug-likeness (QED) is 0.478. The first-order valence-corrected chi connectivity index (χ1v) is 5.15. The van der Waals surface area contributed by atoms with E-state index in [1.54, 1.807) is 0 Å². The molecule has 0 amide bonds. The lowest BCUT2D eigenvalue weighted by Gasteiger charge is -2.09. The van der Waals surface area contributed by atoms with Gasteiger partial charge < -0.3 is 9.84 Å². The van der Waals surface area contributed by atoms with Crippen LogP contribution in [-0.2, 0) is 9.53 Å². The van der Waals surface area contributed by atoms with Gasteiger partial charge in [-0.15, -0.1) is 0 Å². The van der Waals surface area contributed by atoms with Crippen LogP contribution < -0.4 is 0 Å². The molecule has 0 saturated carbocycles. The van der Waals surface area contributed by atoms with Gasteiger partial charge in [0.2, 0.25) is 0 Å². The Hall–Kier alpha value is -1.95. The lowest BCUT2D eigenvalue weighted by molar-refractivity contribution is -0.385. The Kier molecular flexibility index (Phi) is 4.59. The second-order valence-electron chi connectivity index (χ2n) is 3.42. The molecule has 1 rings (SSSR count). The minimum Gasteiger partial charge on any atom is -0.464 e. The van der Waals surface area contributed by atoms with Gasteiger partial charge in [-0.1, -0.05) is 19.1 Å². The molecule has 0 heterocycles. The molecule has 1 aromatic carbocycles. The van der Waals surface area contributed by atoms with E-state index in [0.717, 1.165) is 6.07 Å². The van der Waals surface area contributed by atoms with Gasteiger partial charge in [0, 0.05) is 12.1 Å². The Morgan fingerprint density at radius 1 is 1.59 bits per heavy atom. The summed E-state index contributed by atoms with van der Waals surface area (Å²) in [5.41, 5.74) is -0.0230. The fraction of sp³-hybridized carbons (Fsp3) is 0.364. The molecule has 6 heteroatoms. The van der Waals surface area contributed by atoms with Crippen molar-refractivity contribution < 1.29 is 19.6 Å². The fourth-order valence-corrected chi connectivity index (χ4v) is 1.23. The van der Waals surface area contributed by atoms with Crippen LogP contribution >= 0.6 is 0 Å². The van der Waals surface area contributed by atoms with Crippen LogP contribution in [0.4, 0.5) is 5.69 Å². The van der Waals surface area contributed by atoms with E-state index < -0.39 is 17.0 Å². The van der Waals surface area contributed by atoms with Crippen molar-refractivity contribution in [1.82, 2.24) is 0 Å². The van der Waals surface area contributed by atoms with E-state index in [9.17, 15) is 20.0 Å². The second kappa shape index (κ2) is 5.95. The van der Waals surface area contributed by atoms with Crippen molar-refractivity contribution in [2.75, 3.05) is 6.61 Å². The van der Waals surface area contributed by atoms with Gasteiger partial charge in [-0.3, -0.25) is 10.1 Å². The van der Waals surface area contributed by atoms with Crippen LogP contribution in [0, 0.1) is 10.1 Å². The van der Waals surface area contributed by atoms with Gasteiger partial charge in [0.15, 0.2) is 6.10 Å². The molecule has 92 valence electrons. The Balaban J connectivity index is 2.81. The molecule has 0 radical (unpaired) electrons. The zero-order chi connectivity index (χ0) is 12.8. The number of benzene rings is 1. The molecule has 0 spiro atoms. The molecule has 0 fully saturated rings. The summed E-state index contributed by atoms with van der Waals surface area (Å²) < 4.78 is 4.75. The maximum Gasteiger partial charge on any atom is 0.339 e. The maximum absolute atomic E-state index is 11.3. The SMILES string of the molecule is CCCOC(=O)C(O)c1cccc([N+](=O)[O-])c1. The number of rotatable bonds is 5. The van der Waals surface area contributed by atoms with Gasteiger partial charge in [-0.25, -0.2) is 4.79 Å². The third-order valence-electron chi connectivity index (χ3n) is 2.07. The topological polar surface area (TPSA) is 89.7 Å². The van der Waals surface area contributed by atoms with Gasteiger partial charge >= 0.3 is 5.97 Å². The number of hydrogen-bond acceptors (Lipinski definition) is 5. The molecule has 1 aromatic rings. The molecule has 1 unspecified atom stereocenters. The number of nitro groups is 1. The fourth-order valence-electron chi connectivity index (χ4n) is 1.23. The average Bonchev–Trinajstić information content (AvgIpc) is 2.35. The summed E-state index contributed by atoms with van der Waals surface area (Å²) in [4.78, 5) is 21.3. The summed E-state index contributed by atoms with van der Waals surface area (Å²) in [7, 11) is 0. The lowest BCUT2D eigenvalue weighted by Crippen LogP contribution is -2.16. The van der Waals surface area contributed by atoms with E-state index in [4.69, 9.17) is 4.74 Å². The van der Waals surface area contributed by atoms with E-state index >= 15 is 0 Å². The first-order valence-electron chi connectivity index (χ1n) is 5.15. The molecular weight excluding hydrogens is 226 g/mol. The largest absolute Gasteiger partial charge is 0.464 e. The molecule has 6 nitrogen and oxygen atoms in total. The number of carbonyl (C=O) groups excluding carboxylic acids is 1. The van der Waals surface area contributed by atoms with Crippen LogP contribution in [0.5, 0.6) is 0 Å². The van der Waals surface area contributed by atoms with E-state index in [1.807, 2.05) is 6.92 Å². The standard InChI is InChI=1S/C11H13NO5/c1-2-6-17-11(14)10(13)8-4-3-5-9(7-8)12(15)16/h3-5,7,10,13H,2,6H2,1H3. The van der Waals surface area contributed by atoms with Crippen molar-refractivity contribution in [3.8, 4) is 0 Å². The van der Waals surface area contributed by atoms with Gasteiger partial charge in [-0.2, -0.15) is 0 Å². The third-order valence-corrected chi connectivity index (χ3v) is 2.07. The zero-order valence-corrected chi connectivity index (χ0v) is 9.33. The maximum atomic E-state index is 11.3. The molecule has 1 N–H and O–H groups in total. The number of non-ortho nitro benzene ring substituents is 1. The Bertz CT molecular complexity index is 418. The van der Waals surface area contributed by atoms with Crippen LogP contribution in [0.2, 0.25) is 0 Å². The van der Waals surface area contributed by atoms with Crippen LogP contribution in [0.15, 0.2) is 24.3 Å². The van der Waals surface area contributed by atoms with Gasteiger partial charge in [0.25, 0.3) is 5.69 Å². The van der Waals surface area contributed by atoms with E-state index in [-0.39, 0.29) is 17.9 Å². The van der Waals surface area contributed by atoms with Crippen LogP contribution in [0.25, 0.3) is 0 Å². The van der Waals surface area contributed by atoms with Crippen molar-refractivity contribution in [3.63, 3.8) is 0 Å². The predicted molar refractivity (Wildman–Crippen MR) is 59.3 cm³/mol. The number of aliphatic hydroxyl groups excluding tert-OH is 1. The number of hydrogen-bond donors (Lipinski definition) is 1. The number of carbonyl (C=O) groups is 1. The molecule has 0 saturated heterocycles. The van der Waals surface area contributed by atoms with Crippen molar-refractivity contribution >= 4 is 11.7 Å². The highest BCUT2D eigenvalue weighted by atomic mass is 16.6. The molecule has 1 atom stereocenters. The highest BCUT2D eigenvalue weighted by molar-refractivity contribution is 5.76. The lowest BCUT2D eigenvalue weighted by atomic mass is 10.1. The van der Waals surface area contributed by atoms with Crippen molar-refractivity contribution in [3.05, 3.63) is 39.9 Å². The summed E-state index contributed by atoms with van der Waals surface area (Å²) in [6.07, 6.45) is -0.839. The second-order valence-corrected chi connectivity index (χ2v) is 3.42. The highest BCUT2D eigenvalue weighted by Gasteiger charge is 2.20. The molecule has 0 aliphatic carbocycles. The first kappa shape index (κ1) is 13.1. The summed E-state index contributed by atoms with van der Waals surface area (Å²) >= 11 is 0. The van der Waals surface area contributed by atoms with Crippen molar-refractivity contribution in [2.24, 2.45) is 0 Å². The van der Waals surface area contributed by atoms with E-state index in [2.05, 4.69) is 0 Å². The average molecular weight is 239 g/mol. The molecule has 0 aromatic heterocycles. The summed E-state index contributed by atoms with van der Waals surface area (Å²) in [6.45, 7) is 2.04. The monoisotopic (exact) mass is 239 g/mol. The zero-order valence-electron chi connectivity index (χ0n) is 9.33. The normalized spacial score (nSPS) is 11.9. The summed E-state index contributed by atoms with van der Waals surface area (Å²) in [6, 6.07) is 5.28. The van der Waals surface area contributed by atoms with E-state index in [0.29, 0.717) is 6.42 Å². The number of nitrogens with zero attached hydrogens (tertiary/aromatic N) is 1. The summed E-state index contributed by atoms with van der Waals surface area (Å²) in [5, 5.41) is 20.2. The van der Waals surface area contributed by atoms with E-state index in [1.165, 1.54) is 18.2 Å². The molecular formula is C11H13NO5. The van der Waals surface area contributed by atoms with Crippen LogP contribution in [0.3, 0.4) is 0 Å². The van der Waals surface area contributed by atoms with Crippen LogP contribution in [-0.4, -0.2) is 22.6 Å². The predicted octanol–water partition coefficient (Wildman–Crippen LogP) is 1.58. The number of ether oxygens (including phenoxy) is 1. The first-order chi connectivity index (χ1) is 8.06. The smallest absolute Gasteiger partial charge is 0.339 e. The van der Waals surface area contributed by atoms with Gasteiger partial charge in [-0.05, 0) is 12.0 Å². The van der Waals surface area contributed by atoms with Crippen molar-refractivity contribution in [2.45, 2.75) is 19.4 Å². The minimum absolute atomic E-state index is 0.153. The van der Waals surface area contributed by atoms with Crippen molar-refractivity contribution in [1.29, 1.82) is 0 Å². The van der Waals surface area contributed by atoms with Gasteiger partial charge in [0.05, 0.1) is 11.5 Å². The number of nitro benzene ring substituents is 1. The Morgan fingerprint density at radius 2 is 2.29 bits per heavy atom. The van der Waals surface area contributed by atoms with Gasteiger partial charge in [0.1, 0.15) is 0 Å². The Labute approximate surface area is 98.0 Å². The molecule has 0 aliphatic heterocycles. The Morgan fingerprint density at radius 3 is 2.88 bits per heavy atom. The summed E-state index contributed by atoms with van der Waals surface area (Å²) in [5.74, 6) is -0.799. The minimum atomic E-state index is -1.48. The highest BCUT2D eigenvalue weighted by Crippen LogP contribution is 2.20. The number of aliphatic hydroxyl groups is 1. The van der Waals surface area contributed by atoms with Crippen LogP contribution in [0.1, 0.15) is 25.0 Å². The third kappa shape index (κ3) is 3.53. The molecule has 0 bridgehead atoms. The molecule has 17 heavy (non-hydrogen) atoms. The molecule has 0 aliphatic rings.